The zero-order valence-corrected chi connectivity index (χ0v) is 18.8. The van der Waals surface area contributed by atoms with Gasteiger partial charge in [-0.3, -0.25) is 0 Å². The number of halogens is 2. The molecule has 0 aliphatic heterocycles. The molecule has 0 heterocycles. The van der Waals surface area contributed by atoms with Crippen LogP contribution >= 0.6 is 24.8 Å². The van der Waals surface area contributed by atoms with E-state index in [9.17, 15) is 0 Å². The van der Waals surface area contributed by atoms with Gasteiger partial charge in [0.25, 0.3) is 0 Å². The number of hydrogen-bond acceptors (Lipinski definition) is 0. The van der Waals surface area contributed by atoms with Gasteiger partial charge in [-0.25, -0.2) is 0 Å². The fourth-order valence-corrected chi connectivity index (χ4v) is 9.81. The van der Waals surface area contributed by atoms with Gasteiger partial charge in [0.2, 0.25) is 0 Å². The van der Waals surface area contributed by atoms with Gasteiger partial charge in [0.1, 0.15) is 0 Å². The third-order valence-corrected chi connectivity index (χ3v) is 10.8. The summed E-state index contributed by atoms with van der Waals surface area (Å²) in [7, 11) is 0. The number of rotatable bonds is 3. The molecule has 4 rings (SSSR count). The molecule has 1 atom stereocenters. The Kier molecular flexibility index (Phi) is 6.47. The molecule has 0 amide bonds. The average Bonchev–Trinajstić information content (AvgIpc) is 3.15. The van der Waals surface area contributed by atoms with Crippen molar-refractivity contribution in [1.82, 2.24) is 0 Å². The van der Waals surface area contributed by atoms with Crippen LogP contribution in [0.4, 0.5) is 0 Å². The Labute approximate surface area is 167 Å². The van der Waals surface area contributed by atoms with E-state index in [4.69, 9.17) is 0 Å². The molecule has 0 spiro atoms. The molecule has 0 aromatic heterocycles. The summed E-state index contributed by atoms with van der Waals surface area (Å²) in [5.74, 6) is 0. The second-order valence-corrected chi connectivity index (χ2v) is 12.9. The summed E-state index contributed by atoms with van der Waals surface area (Å²) in [6, 6.07) is 19.9. The number of allylic oxidation sites excluding steroid dienone is 5. The van der Waals surface area contributed by atoms with Gasteiger partial charge in [-0.1, -0.05) is 0 Å². The van der Waals surface area contributed by atoms with Crippen molar-refractivity contribution in [2.45, 2.75) is 16.5 Å². The van der Waals surface area contributed by atoms with E-state index in [1.807, 2.05) is 0 Å². The molecule has 122 valence electrons. The summed E-state index contributed by atoms with van der Waals surface area (Å²) in [5, 5.41) is 0. The molecule has 1 unspecified atom stereocenters. The van der Waals surface area contributed by atoms with Crippen LogP contribution in [0.1, 0.15) is 30.0 Å². The second-order valence-electron chi connectivity index (χ2n) is 6.09. The molecular weight excluding hydrogens is 502 g/mol. The molecular formula is C21H20Cl2Hf. The first-order valence-corrected chi connectivity index (χ1v) is 11.4. The quantitative estimate of drug-likeness (QED) is 0.420. The molecule has 0 saturated carbocycles. The number of fused-ring (bicyclic) bond motifs is 1. The van der Waals surface area contributed by atoms with Gasteiger partial charge < -0.3 is 0 Å². The Morgan fingerprint density at radius 1 is 0.917 bits per heavy atom. The van der Waals surface area contributed by atoms with E-state index in [-0.39, 0.29) is 28.0 Å². The SMILES string of the molecule is C[C]1([Hf][C]2=CC=CC2)C(c2ccccc2)=Cc2ccccc21.Cl.Cl. The zero-order chi connectivity index (χ0) is 15.0. The fraction of sp³-hybridized carbons (Fsp3) is 0.143. The predicted octanol–water partition coefficient (Wildman–Crippen LogP) is 6.23. The molecule has 0 N–H and O–H groups in total. The fourth-order valence-electron chi connectivity index (χ4n) is 3.51. The molecule has 0 nitrogen and oxygen atoms in total. The minimum Gasteiger partial charge on any atom is -0.147 e. The molecule has 2 aliphatic carbocycles. The van der Waals surface area contributed by atoms with Crippen LogP contribution in [-0.4, -0.2) is 0 Å². The molecule has 0 fully saturated rings. The normalized spacial score (nSPS) is 20.4. The standard InChI is InChI=1S/C16H13.C5H5.2ClH.Hf/c1-12-15-10-6-5-9-14(15)11-16(12)13-7-3-2-4-8-13;1-2-4-5-3-1;;;/h2-11H,1H3;1-3H,4H2;2*1H;. The largest absolute Gasteiger partial charge is 0.147 e. The summed E-state index contributed by atoms with van der Waals surface area (Å²) >= 11 is -1.00. The predicted molar refractivity (Wildman–Crippen MR) is 104 cm³/mol. The first-order valence-electron chi connectivity index (χ1n) is 7.78. The van der Waals surface area contributed by atoms with Crippen molar-refractivity contribution in [3.05, 3.63) is 92.8 Å². The molecule has 0 radical (unpaired) electrons. The van der Waals surface area contributed by atoms with E-state index >= 15 is 0 Å². The van der Waals surface area contributed by atoms with Crippen LogP contribution in [0.2, 0.25) is 0 Å². The van der Waals surface area contributed by atoms with Crippen LogP contribution < -0.4 is 0 Å². The summed E-state index contributed by atoms with van der Waals surface area (Å²) < 4.78 is 1.98. The Bertz CT molecular complexity index is 806. The summed E-state index contributed by atoms with van der Waals surface area (Å²) in [4.78, 5) is 0. The monoisotopic (exact) mass is 522 g/mol. The van der Waals surface area contributed by atoms with E-state index in [0.29, 0.717) is 0 Å². The molecule has 2 aromatic carbocycles. The van der Waals surface area contributed by atoms with Crippen LogP contribution in [-0.2, 0) is 26.1 Å². The topological polar surface area (TPSA) is 0 Å². The maximum absolute atomic E-state index is 2.49. The minimum atomic E-state index is -1.00. The first kappa shape index (κ1) is 19.4. The van der Waals surface area contributed by atoms with E-state index in [1.165, 1.54) is 23.1 Å². The van der Waals surface area contributed by atoms with Crippen LogP contribution in [0.15, 0.2) is 76.2 Å². The van der Waals surface area contributed by atoms with Gasteiger partial charge in [0.05, 0.1) is 0 Å². The third kappa shape index (κ3) is 3.40. The second kappa shape index (κ2) is 7.99. The van der Waals surface area contributed by atoms with Gasteiger partial charge in [-0.2, -0.15) is 0 Å². The number of benzene rings is 2. The van der Waals surface area contributed by atoms with Gasteiger partial charge in [-0.15, -0.1) is 24.8 Å². The Morgan fingerprint density at radius 2 is 1.62 bits per heavy atom. The van der Waals surface area contributed by atoms with Crippen LogP contribution in [0.25, 0.3) is 11.6 Å². The molecule has 2 aromatic rings. The van der Waals surface area contributed by atoms with Crippen LogP contribution in [0.5, 0.6) is 0 Å². The smallest absolute Gasteiger partial charge is 0.147 e. The third-order valence-electron chi connectivity index (χ3n) is 4.60. The summed E-state index contributed by atoms with van der Waals surface area (Å²) in [6.45, 7) is 2.49. The van der Waals surface area contributed by atoms with Crippen molar-refractivity contribution < 1.29 is 22.9 Å². The molecule has 3 heteroatoms. The van der Waals surface area contributed by atoms with E-state index in [2.05, 4.69) is 85.8 Å². The maximum atomic E-state index is 2.49. The minimum absolute atomic E-state index is 0. The van der Waals surface area contributed by atoms with Crippen molar-refractivity contribution in [3.8, 4) is 0 Å². The first-order chi connectivity index (χ1) is 10.8. The Hall–Kier alpha value is -0.890. The zero-order valence-electron chi connectivity index (χ0n) is 13.5. The van der Waals surface area contributed by atoms with Gasteiger partial charge >= 0.3 is 144 Å². The van der Waals surface area contributed by atoms with Crippen molar-refractivity contribution in [1.29, 1.82) is 0 Å². The van der Waals surface area contributed by atoms with Gasteiger partial charge in [0.15, 0.2) is 0 Å². The average molecular weight is 522 g/mol. The molecule has 24 heavy (non-hydrogen) atoms. The van der Waals surface area contributed by atoms with Gasteiger partial charge in [-0.05, 0) is 0 Å². The van der Waals surface area contributed by atoms with Crippen molar-refractivity contribution >= 4 is 36.5 Å². The van der Waals surface area contributed by atoms with Crippen molar-refractivity contribution in [2.75, 3.05) is 0 Å². The van der Waals surface area contributed by atoms with Crippen LogP contribution in [0, 0.1) is 0 Å². The maximum Gasteiger partial charge on any atom is -0.147 e. The summed E-state index contributed by atoms with van der Waals surface area (Å²) in [6.07, 6.45) is 10.5. The van der Waals surface area contributed by atoms with Gasteiger partial charge in [0, 0.05) is 0 Å². The van der Waals surface area contributed by atoms with Crippen molar-refractivity contribution in [2.24, 2.45) is 0 Å². The molecule has 2 aliphatic rings. The van der Waals surface area contributed by atoms with E-state index < -0.39 is 22.9 Å². The van der Waals surface area contributed by atoms with Crippen LogP contribution in [0.3, 0.4) is 0 Å². The van der Waals surface area contributed by atoms with E-state index in [0.717, 1.165) is 0 Å². The van der Waals surface area contributed by atoms with E-state index in [1.54, 1.807) is 8.89 Å². The summed E-state index contributed by atoms with van der Waals surface area (Å²) in [5.41, 5.74) is 5.89. The Balaban J connectivity index is 0.00000104. The molecule has 0 saturated heterocycles. The Morgan fingerprint density at radius 3 is 2.33 bits per heavy atom. The van der Waals surface area contributed by atoms with Crippen molar-refractivity contribution in [3.63, 3.8) is 0 Å². The number of hydrogen-bond donors (Lipinski definition) is 0. The molecule has 0 bridgehead atoms.